The molecular formula is C19H24N4O2. The molecule has 0 saturated carbocycles. The first-order chi connectivity index (χ1) is 12.2. The number of phenols is 1. The number of phenolic OH excluding ortho intramolecular Hbond substituents is 1. The molecule has 25 heavy (non-hydrogen) atoms. The van der Waals surface area contributed by atoms with Crippen molar-refractivity contribution in [2.24, 2.45) is 0 Å². The topological polar surface area (TPSA) is 68.7 Å². The van der Waals surface area contributed by atoms with E-state index >= 15 is 0 Å². The summed E-state index contributed by atoms with van der Waals surface area (Å²) in [7, 11) is 0. The molecule has 132 valence electrons. The van der Waals surface area contributed by atoms with Crippen molar-refractivity contribution in [2.45, 2.75) is 19.4 Å². The molecule has 0 unspecified atom stereocenters. The largest absolute Gasteiger partial charge is 0.508 e. The number of carbonyl (C=O) groups excluding carboxylic acids is 1. The Labute approximate surface area is 148 Å². The van der Waals surface area contributed by atoms with Crippen LogP contribution in [0.3, 0.4) is 0 Å². The Bertz CT molecular complexity index is 682. The third kappa shape index (κ3) is 4.21. The zero-order valence-electron chi connectivity index (χ0n) is 14.4. The molecule has 2 amide bonds. The summed E-state index contributed by atoms with van der Waals surface area (Å²) >= 11 is 0. The van der Waals surface area contributed by atoms with Gasteiger partial charge in [-0.15, -0.1) is 0 Å². The molecule has 1 saturated heterocycles. The molecular weight excluding hydrogens is 316 g/mol. The summed E-state index contributed by atoms with van der Waals surface area (Å²) < 4.78 is 0. The standard InChI is InChI=1S/C19H24N4O2/c1-2-18(15-3-5-17(24)6-4-15)21-19(25)23-13-11-22(12-14-23)16-7-9-20-10-8-16/h3-10,18,24H,2,11-14H2,1H3,(H,21,25)/t18-/m0/s1. The average Bonchev–Trinajstić information content (AvgIpc) is 2.67. The minimum atomic E-state index is -0.0497. The summed E-state index contributed by atoms with van der Waals surface area (Å²) in [6, 6.07) is 10.9. The number of benzene rings is 1. The predicted molar refractivity (Wildman–Crippen MR) is 97.7 cm³/mol. The normalized spacial score (nSPS) is 15.7. The number of hydrogen-bond acceptors (Lipinski definition) is 4. The van der Waals surface area contributed by atoms with Crippen LogP contribution in [-0.4, -0.2) is 47.2 Å². The third-order valence-electron chi connectivity index (χ3n) is 4.60. The van der Waals surface area contributed by atoms with Gasteiger partial charge in [-0.3, -0.25) is 4.98 Å². The summed E-state index contributed by atoms with van der Waals surface area (Å²) in [4.78, 5) is 20.8. The number of urea groups is 1. The van der Waals surface area contributed by atoms with Gasteiger partial charge in [0.1, 0.15) is 5.75 Å². The first-order valence-electron chi connectivity index (χ1n) is 8.66. The van der Waals surface area contributed by atoms with Crippen LogP contribution in [0.4, 0.5) is 10.5 Å². The van der Waals surface area contributed by atoms with Gasteiger partial charge in [0, 0.05) is 44.3 Å². The Kier molecular flexibility index (Phi) is 5.38. The fraction of sp³-hybridized carbons (Fsp3) is 0.368. The van der Waals surface area contributed by atoms with Crippen LogP contribution in [0.2, 0.25) is 0 Å². The van der Waals surface area contributed by atoms with E-state index in [9.17, 15) is 9.90 Å². The maximum Gasteiger partial charge on any atom is 0.318 e. The number of nitrogens with zero attached hydrogens (tertiary/aromatic N) is 3. The van der Waals surface area contributed by atoms with Crippen molar-refractivity contribution < 1.29 is 9.90 Å². The molecule has 1 aliphatic heterocycles. The molecule has 1 aromatic carbocycles. The number of aromatic nitrogens is 1. The van der Waals surface area contributed by atoms with Crippen molar-refractivity contribution in [3.63, 3.8) is 0 Å². The van der Waals surface area contributed by atoms with Crippen molar-refractivity contribution in [3.8, 4) is 5.75 Å². The number of pyridine rings is 1. The Balaban J connectivity index is 1.56. The number of piperazine rings is 1. The summed E-state index contributed by atoms with van der Waals surface area (Å²) in [5, 5.41) is 12.5. The molecule has 6 heteroatoms. The van der Waals surface area contributed by atoms with Crippen LogP contribution in [0.25, 0.3) is 0 Å². The van der Waals surface area contributed by atoms with Gasteiger partial charge >= 0.3 is 6.03 Å². The molecule has 0 spiro atoms. The van der Waals surface area contributed by atoms with Gasteiger partial charge in [-0.05, 0) is 36.2 Å². The Hall–Kier alpha value is -2.76. The van der Waals surface area contributed by atoms with Crippen molar-refractivity contribution >= 4 is 11.7 Å². The van der Waals surface area contributed by atoms with E-state index in [2.05, 4.69) is 15.2 Å². The predicted octanol–water partition coefficient (Wildman–Crippen LogP) is 2.77. The summed E-state index contributed by atoms with van der Waals surface area (Å²) in [6.07, 6.45) is 4.38. The third-order valence-corrected chi connectivity index (χ3v) is 4.60. The van der Waals surface area contributed by atoms with Crippen LogP contribution in [-0.2, 0) is 0 Å². The number of anilines is 1. The number of aromatic hydroxyl groups is 1. The lowest BCUT2D eigenvalue weighted by molar-refractivity contribution is 0.190. The fourth-order valence-electron chi connectivity index (χ4n) is 3.09. The maximum absolute atomic E-state index is 12.6. The van der Waals surface area contributed by atoms with E-state index in [-0.39, 0.29) is 17.8 Å². The quantitative estimate of drug-likeness (QED) is 0.898. The molecule has 6 nitrogen and oxygen atoms in total. The van der Waals surface area contributed by atoms with E-state index in [0.29, 0.717) is 13.1 Å². The lowest BCUT2D eigenvalue weighted by atomic mass is 10.0. The van der Waals surface area contributed by atoms with Gasteiger partial charge < -0.3 is 20.2 Å². The van der Waals surface area contributed by atoms with E-state index in [0.717, 1.165) is 30.8 Å². The van der Waals surface area contributed by atoms with E-state index < -0.39 is 0 Å². The molecule has 0 bridgehead atoms. The van der Waals surface area contributed by atoms with E-state index in [1.807, 2.05) is 36.1 Å². The van der Waals surface area contributed by atoms with Gasteiger partial charge in [-0.2, -0.15) is 0 Å². The molecule has 1 aromatic heterocycles. The zero-order chi connectivity index (χ0) is 17.6. The fourth-order valence-corrected chi connectivity index (χ4v) is 3.09. The molecule has 2 aromatic rings. The van der Waals surface area contributed by atoms with Gasteiger partial charge in [0.2, 0.25) is 0 Å². The van der Waals surface area contributed by atoms with Crippen LogP contribution < -0.4 is 10.2 Å². The highest BCUT2D eigenvalue weighted by Crippen LogP contribution is 2.20. The molecule has 1 fully saturated rings. The number of nitrogens with one attached hydrogen (secondary N) is 1. The number of amides is 2. The molecule has 1 aliphatic rings. The molecule has 2 heterocycles. The Morgan fingerprint density at radius 2 is 1.76 bits per heavy atom. The van der Waals surface area contributed by atoms with Crippen molar-refractivity contribution in [1.29, 1.82) is 0 Å². The van der Waals surface area contributed by atoms with Gasteiger partial charge in [-0.25, -0.2) is 4.79 Å². The smallest absolute Gasteiger partial charge is 0.318 e. The number of carbonyl (C=O) groups is 1. The van der Waals surface area contributed by atoms with Crippen molar-refractivity contribution in [2.75, 3.05) is 31.1 Å². The van der Waals surface area contributed by atoms with Gasteiger partial charge in [0.25, 0.3) is 0 Å². The lowest BCUT2D eigenvalue weighted by Gasteiger charge is -2.36. The second-order valence-electron chi connectivity index (χ2n) is 6.18. The second kappa shape index (κ2) is 7.88. The first kappa shape index (κ1) is 17.1. The SMILES string of the molecule is CC[C@H](NC(=O)N1CCN(c2ccncc2)CC1)c1ccc(O)cc1. The van der Waals surface area contributed by atoms with E-state index in [1.165, 1.54) is 0 Å². The average molecular weight is 340 g/mol. The highest BCUT2D eigenvalue weighted by Gasteiger charge is 2.23. The summed E-state index contributed by atoms with van der Waals surface area (Å²) in [5.74, 6) is 0.233. The first-order valence-corrected chi connectivity index (χ1v) is 8.66. The highest BCUT2D eigenvalue weighted by atomic mass is 16.3. The lowest BCUT2D eigenvalue weighted by Crippen LogP contribution is -2.52. The highest BCUT2D eigenvalue weighted by molar-refractivity contribution is 5.75. The Morgan fingerprint density at radius 3 is 2.36 bits per heavy atom. The second-order valence-corrected chi connectivity index (χ2v) is 6.18. The molecule has 0 radical (unpaired) electrons. The number of hydrogen-bond donors (Lipinski definition) is 2. The van der Waals surface area contributed by atoms with Crippen LogP contribution in [0.15, 0.2) is 48.8 Å². The maximum atomic E-state index is 12.6. The van der Waals surface area contributed by atoms with Crippen LogP contribution in [0.5, 0.6) is 5.75 Å². The molecule has 2 N–H and O–H groups in total. The monoisotopic (exact) mass is 340 g/mol. The zero-order valence-corrected chi connectivity index (χ0v) is 14.4. The minimum absolute atomic E-state index is 0.0331. The van der Waals surface area contributed by atoms with Crippen molar-refractivity contribution in [1.82, 2.24) is 15.2 Å². The van der Waals surface area contributed by atoms with Gasteiger partial charge in [0.05, 0.1) is 6.04 Å². The minimum Gasteiger partial charge on any atom is -0.508 e. The molecule has 1 atom stereocenters. The summed E-state index contributed by atoms with van der Waals surface area (Å²) in [6.45, 7) is 5.06. The van der Waals surface area contributed by atoms with Crippen molar-refractivity contribution in [3.05, 3.63) is 54.4 Å². The van der Waals surface area contributed by atoms with E-state index in [4.69, 9.17) is 0 Å². The summed E-state index contributed by atoms with van der Waals surface area (Å²) in [5.41, 5.74) is 2.15. The molecule has 0 aliphatic carbocycles. The molecule has 3 rings (SSSR count). The van der Waals surface area contributed by atoms with Crippen LogP contribution in [0.1, 0.15) is 24.9 Å². The Morgan fingerprint density at radius 1 is 1.12 bits per heavy atom. The van der Waals surface area contributed by atoms with E-state index in [1.54, 1.807) is 24.5 Å². The van der Waals surface area contributed by atoms with Gasteiger partial charge in [-0.1, -0.05) is 19.1 Å². The number of rotatable bonds is 4. The van der Waals surface area contributed by atoms with Crippen LogP contribution in [0, 0.1) is 0 Å². The van der Waals surface area contributed by atoms with Crippen LogP contribution >= 0.6 is 0 Å². The van der Waals surface area contributed by atoms with Gasteiger partial charge in [0.15, 0.2) is 0 Å².